The Morgan fingerprint density at radius 3 is 2.71 bits per heavy atom. The van der Waals surface area contributed by atoms with Crippen LogP contribution >= 0.6 is 0 Å². The summed E-state index contributed by atoms with van der Waals surface area (Å²) in [7, 11) is 0. The number of tetrazole rings is 1. The minimum absolute atomic E-state index is 1.03. The summed E-state index contributed by atoms with van der Waals surface area (Å²) in [5.74, 6) is 0. The first-order valence-corrected chi connectivity index (χ1v) is 4.01. The van der Waals surface area contributed by atoms with Gasteiger partial charge in [-0.1, -0.05) is 17.3 Å². The highest BCUT2D eigenvalue weighted by atomic mass is 15.5. The zero-order chi connectivity index (χ0) is 9.64. The average Bonchev–Trinajstić information content (AvgIpc) is 2.92. The summed E-state index contributed by atoms with van der Waals surface area (Å²) in [4.78, 5) is 7.07. The van der Waals surface area contributed by atoms with E-state index >= 15 is 0 Å². The van der Waals surface area contributed by atoms with Gasteiger partial charge in [-0.2, -0.15) is 5.21 Å². The first kappa shape index (κ1) is 8.36. The second-order valence-electron chi connectivity index (χ2n) is 2.48. The molecular weight excluding hydrogens is 180 g/mol. The minimum atomic E-state index is 1.03. The molecule has 2 aromatic heterocycles. The molecule has 70 valence electrons. The molecule has 2 heterocycles. The monoisotopic (exact) mass is 188 g/mol. The van der Waals surface area contributed by atoms with Gasteiger partial charge in [0.15, 0.2) is 6.33 Å². The molecule has 0 aliphatic carbocycles. The third-order valence-corrected chi connectivity index (χ3v) is 1.60. The first-order valence-electron chi connectivity index (χ1n) is 4.01. The Morgan fingerprint density at radius 2 is 2.07 bits per heavy atom. The zero-order valence-electron chi connectivity index (χ0n) is 7.25. The Bertz CT molecular complexity index is 424. The zero-order valence-corrected chi connectivity index (χ0v) is 7.25. The molecule has 0 amide bonds. The number of benzene rings is 1. The van der Waals surface area contributed by atoms with E-state index in [1.165, 1.54) is 6.33 Å². The lowest BCUT2D eigenvalue weighted by Crippen LogP contribution is -1.64. The standard InChI is InChI=1S/C7H6N2.CH2N4/c1-2-4-7-6(3-1)8-5-9-7;1-2-4-5-3-1/h1-5H,(H,8,9);1H,(H,2,3,4,5). The largest absolute Gasteiger partial charge is 0.345 e. The van der Waals surface area contributed by atoms with Crippen LogP contribution in [0.1, 0.15) is 0 Å². The summed E-state index contributed by atoms with van der Waals surface area (Å²) in [6, 6.07) is 7.94. The maximum absolute atomic E-state index is 4.06. The number of imidazole rings is 1. The summed E-state index contributed by atoms with van der Waals surface area (Å²) < 4.78 is 0. The highest BCUT2D eigenvalue weighted by Crippen LogP contribution is 2.05. The fraction of sp³-hybridized carbons (Fsp3) is 0. The van der Waals surface area contributed by atoms with E-state index in [0.717, 1.165) is 11.0 Å². The van der Waals surface area contributed by atoms with Gasteiger partial charge in [0, 0.05) is 0 Å². The van der Waals surface area contributed by atoms with Crippen LogP contribution in [0.3, 0.4) is 0 Å². The third-order valence-electron chi connectivity index (χ3n) is 1.60. The molecule has 0 saturated heterocycles. The summed E-state index contributed by atoms with van der Waals surface area (Å²) in [6.07, 6.45) is 3.03. The van der Waals surface area contributed by atoms with E-state index in [0.29, 0.717) is 0 Å². The predicted octanol–water partition coefficient (Wildman–Crippen LogP) is 0.763. The second-order valence-corrected chi connectivity index (χ2v) is 2.48. The lowest BCUT2D eigenvalue weighted by molar-refractivity contribution is 0.881. The number of aromatic nitrogens is 6. The molecule has 0 fully saturated rings. The van der Waals surface area contributed by atoms with Gasteiger partial charge in [0.05, 0.1) is 17.4 Å². The van der Waals surface area contributed by atoms with E-state index in [2.05, 4.69) is 30.6 Å². The Morgan fingerprint density at radius 1 is 1.14 bits per heavy atom. The van der Waals surface area contributed by atoms with Crippen LogP contribution < -0.4 is 0 Å². The van der Waals surface area contributed by atoms with Crippen molar-refractivity contribution in [2.45, 2.75) is 0 Å². The quantitative estimate of drug-likeness (QED) is 0.545. The van der Waals surface area contributed by atoms with Crippen LogP contribution in [0.2, 0.25) is 0 Å². The smallest absolute Gasteiger partial charge is 0.161 e. The van der Waals surface area contributed by atoms with Gasteiger partial charge in [0.1, 0.15) is 0 Å². The van der Waals surface area contributed by atoms with Gasteiger partial charge in [-0.15, -0.1) is 10.2 Å². The van der Waals surface area contributed by atoms with Crippen molar-refractivity contribution in [3.63, 3.8) is 0 Å². The van der Waals surface area contributed by atoms with Gasteiger partial charge in [-0.25, -0.2) is 4.98 Å². The van der Waals surface area contributed by atoms with Crippen LogP contribution in [0, 0.1) is 0 Å². The van der Waals surface area contributed by atoms with Gasteiger partial charge >= 0.3 is 0 Å². The van der Waals surface area contributed by atoms with Crippen molar-refractivity contribution < 1.29 is 0 Å². The number of nitrogens with one attached hydrogen (secondary N) is 2. The number of rotatable bonds is 0. The molecule has 0 spiro atoms. The van der Waals surface area contributed by atoms with Crippen molar-refractivity contribution in [1.29, 1.82) is 0 Å². The molecule has 3 aromatic rings. The highest BCUT2D eigenvalue weighted by molar-refractivity contribution is 5.73. The molecule has 6 heteroatoms. The third kappa shape index (κ3) is 1.92. The molecule has 3 rings (SSSR count). The number of hydrogen-bond acceptors (Lipinski definition) is 4. The highest BCUT2D eigenvalue weighted by Gasteiger charge is 1.88. The Hall–Kier alpha value is -2.24. The number of nitrogens with zero attached hydrogens (tertiary/aromatic N) is 4. The fourth-order valence-corrected chi connectivity index (χ4v) is 1.01. The summed E-state index contributed by atoms with van der Waals surface area (Å²) in [6.45, 7) is 0. The van der Waals surface area contributed by atoms with E-state index < -0.39 is 0 Å². The minimum Gasteiger partial charge on any atom is -0.345 e. The molecule has 0 atom stereocenters. The molecule has 0 radical (unpaired) electrons. The number of fused-ring (bicyclic) bond motifs is 1. The van der Waals surface area contributed by atoms with Gasteiger partial charge < -0.3 is 4.98 Å². The molecule has 0 aliphatic heterocycles. The van der Waals surface area contributed by atoms with Crippen molar-refractivity contribution in [3.8, 4) is 0 Å². The van der Waals surface area contributed by atoms with Gasteiger partial charge in [-0.05, 0) is 12.1 Å². The molecule has 0 bridgehead atoms. The van der Waals surface area contributed by atoms with E-state index in [-0.39, 0.29) is 0 Å². The molecule has 2 N–H and O–H groups in total. The van der Waals surface area contributed by atoms with E-state index in [1.54, 1.807) is 6.33 Å². The second kappa shape index (κ2) is 4.13. The van der Waals surface area contributed by atoms with Crippen molar-refractivity contribution >= 4 is 11.0 Å². The Kier molecular flexibility index (Phi) is 2.46. The van der Waals surface area contributed by atoms with Crippen molar-refractivity contribution in [3.05, 3.63) is 36.9 Å². The normalized spacial score (nSPS) is 9.43. The number of hydrogen-bond donors (Lipinski definition) is 2. The van der Waals surface area contributed by atoms with Crippen LogP contribution in [-0.2, 0) is 0 Å². The van der Waals surface area contributed by atoms with Crippen molar-refractivity contribution in [2.24, 2.45) is 0 Å². The molecule has 0 aliphatic rings. The van der Waals surface area contributed by atoms with Gasteiger partial charge in [0.25, 0.3) is 0 Å². The SMILES string of the molecule is c1ccc2[nH]cnc2c1.c1nn[nH]n1. The molecule has 1 aromatic carbocycles. The van der Waals surface area contributed by atoms with E-state index in [9.17, 15) is 0 Å². The molecule has 0 saturated carbocycles. The van der Waals surface area contributed by atoms with Crippen LogP contribution in [-0.4, -0.2) is 30.6 Å². The van der Waals surface area contributed by atoms with Crippen LogP contribution in [0.25, 0.3) is 11.0 Å². The van der Waals surface area contributed by atoms with Crippen molar-refractivity contribution in [1.82, 2.24) is 30.6 Å². The lowest BCUT2D eigenvalue weighted by atomic mass is 10.3. The molecular formula is C8H8N6. The molecule has 0 unspecified atom stereocenters. The summed E-state index contributed by atoms with van der Waals surface area (Å²) >= 11 is 0. The van der Waals surface area contributed by atoms with E-state index in [1.807, 2.05) is 24.3 Å². The van der Waals surface area contributed by atoms with Crippen LogP contribution in [0.5, 0.6) is 0 Å². The summed E-state index contributed by atoms with van der Waals surface area (Å²) in [5, 5.41) is 12.2. The first-order chi connectivity index (χ1) is 6.97. The fourth-order valence-electron chi connectivity index (χ4n) is 1.01. The van der Waals surface area contributed by atoms with Gasteiger partial charge in [-0.3, -0.25) is 0 Å². The molecule has 6 nitrogen and oxygen atoms in total. The van der Waals surface area contributed by atoms with Gasteiger partial charge in [0.2, 0.25) is 0 Å². The topological polar surface area (TPSA) is 83.1 Å². The summed E-state index contributed by atoms with van der Waals surface area (Å²) in [5.41, 5.74) is 2.12. The number of H-pyrrole nitrogens is 2. The Labute approximate surface area is 79.4 Å². The van der Waals surface area contributed by atoms with E-state index in [4.69, 9.17) is 0 Å². The average molecular weight is 188 g/mol. The number of para-hydroxylation sites is 2. The number of aromatic amines is 2. The molecule has 14 heavy (non-hydrogen) atoms. The van der Waals surface area contributed by atoms with Crippen LogP contribution in [0.15, 0.2) is 36.9 Å². The lowest BCUT2D eigenvalue weighted by Gasteiger charge is -1.81. The van der Waals surface area contributed by atoms with Crippen LogP contribution in [0.4, 0.5) is 0 Å². The Balaban J connectivity index is 0.000000128. The maximum atomic E-state index is 4.06. The predicted molar refractivity (Wildman–Crippen MR) is 50.3 cm³/mol. The maximum Gasteiger partial charge on any atom is 0.161 e. The van der Waals surface area contributed by atoms with Crippen molar-refractivity contribution in [2.75, 3.05) is 0 Å².